The standard InChI is InChI=1S/C22H29NO3S/c1-25-20-12-9-17(16-21(20)26-2)8-10-18-6-3-4-14-23(18)22(24)13-11-19-7-5-15-27-19/h5,7,9,12,15-16,18H,3-4,6,8,10-11,13-14H2,1-2H3. The van der Waals surface area contributed by atoms with E-state index in [0.29, 0.717) is 18.4 Å². The minimum atomic E-state index is 0.306. The van der Waals surface area contributed by atoms with Crippen molar-refractivity contribution < 1.29 is 14.3 Å². The van der Waals surface area contributed by atoms with E-state index in [4.69, 9.17) is 9.47 Å². The van der Waals surface area contributed by atoms with E-state index < -0.39 is 0 Å². The van der Waals surface area contributed by atoms with Gasteiger partial charge < -0.3 is 14.4 Å². The summed E-state index contributed by atoms with van der Waals surface area (Å²) in [6.45, 7) is 0.903. The summed E-state index contributed by atoms with van der Waals surface area (Å²) in [5.74, 6) is 1.83. The van der Waals surface area contributed by atoms with Crippen molar-refractivity contribution in [1.29, 1.82) is 0 Å². The number of likely N-dealkylation sites (tertiary alicyclic amines) is 1. The molecule has 27 heavy (non-hydrogen) atoms. The van der Waals surface area contributed by atoms with Gasteiger partial charge in [0.25, 0.3) is 0 Å². The van der Waals surface area contributed by atoms with Gasteiger partial charge in [-0.2, -0.15) is 0 Å². The first-order valence-corrected chi connectivity index (χ1v) is 10.6. The Labute approximate surface area is 166 Å². The number of thiophene rings is 1. The van der Waals surface area contributed by atoms with Gasteiger partial charge in [0.1, 0.15) is 0 Å². The van der Waals surface area contributed by atoms with Crippen LogP contribution in [0.2, 0.25) is 0 Å². The van der Waals surface area contributed by atoms with Crippen LogP contribution in [0.3, 0.4) is 0 Å². The largest absolute Gasteiger partial charge is 0.493 e. The number of amides is 1. The molecule has 0 N–H and O–H groups in total. The van der Waals surface area contributed by atoms with E-state index in [0.717, 1.165) is 50.1 Å². The first kappa shape index (κ1) is 19.7. The lowest BCUT2D eigenvalue weighted by molar-refractivity contribution is -0.135. The van der Waals surface area contributed by atoms with Gasteiger partial charge in [-0.3, -0.25) is 4.79 Å². The summed E-state index contributed by atoms with van der Waals surface area (Å²) in [5.41, 5.74) is 1.23. The van der Waals surface area contributed by atoms with Crippen LogP contribution in [-0.2, 0) is 17.6 Å². The van der Waals surface area contributed by atoms with Crippen LogP contribution in [0.25, 0.3) is 0 Å². The number of aryl methyl sites for hydroxylation is 2. The van der Waals surface area contributed by atoms with Gasteiger partial charge in [-0.25, -0.2) is 0 Å². The maximum absolute atomic E-state index is 12.8. The van der Waals surface area contributed by atoms with Crippen LogP contribution in [-0.4, -0.2) is 37.6 Å². The van der Waals surface area contributed by atoms with Crippen molar-refractivity contribution >= 4 is 17.2 Å². The maximum atomic E-state index is 12.8. The minimum Gasteiger partial charge on any atom is -0.493 e. The molecule has 1 atom stereocenters. The van der Waals surface area contributed by atoms with Gasteiger partial charge in [-0.15, -0.1) is 11.3 Å². The summed E-state index contributed by atoms with van der Waals surface area (Å²) >= 11 is 1.73. The summed E-state index contributed by atoms with van der Waals surface area (Å²) in [6.07, 6.45) is 6.86. The lowest BCUT2D eigenvalue weighted by atomic mass is 9.95. The van der Waals surface area contributed by atoms with E-state index in [1.165, 1.54) is 16.9 Å². The number of carbonyl (C=O) groups is 1. The van der Waals surface area contributed by atoms with Gasteiger partial charge in [0.15, 0.2) is 11.5 Å². The Bertz CT molecular complexity index is 729. The molecule has 0 bridgehead atoms. The summed E-state index contributed by atoms with van der Waals surface area (Å²) in [6, 6.07) is 10.6. The van der Waals surface area contributed by atoms with Crippen molar-refractivity contribution in [3.05, 3.63) is 46.2 Å². The molecule has 3 rings (SSSR count). The molecule has 1 amide bonds. The molecule has 1 aromatic heterocycles. The SMILES string of the molecule is COc1ccc(CCC2CCCCN2C(=O)CCc2cccs2)cc1OC. The Morgan fingerprint density at radius 3 is 2.74 bits per heavy atom. The summed E-state index contributed by atoms with van der Waals surface area (Å²) in [4.78, 5) is 16.2. The maximum Gasteiger partial charge on any atom is 0.223 e. The first-order chi connectivity index (χ1) is 13.2. The van der Waals surface area contributed by atoms with Crippen molar-refractivity contribution in [2.45, 2.75) is 51.0 Å². The molecule has 4 nitrogen and oxygen atoms in total. The third-order valence-electron chi connectivity index (χ3n) is 5.33. The number of methoxy groups -OCH3 is 2. The van der Waals surface area contributed by atoms with Gasteiger partial charge in [0.05, 0.1) is 14.2 Å². The Morgan fingerprint density at radius 1 is 1.15 bits per heavy atom. The van der Waals surface area contributed by atoms with Gasteiger partial charge in [-0.05, 0) is 67.7 Å². The fraction of sp³-hybridized carbons (Fsp3) is 0.500. The quantitative estimate of drug-likeness (QED) is 0.658. The number of nitrogens with zero attached hydrogens (tertiary/aromatic N) is 1. The molecule has 0 saturated carbocycles. The molecule has 5 heteroatoms. The lowest BCUT2D eigenvalue weighted by Crippen LogP contribution is -2.44. The second-order valence-corrected chi connectivity index (χ2v) is 8.08. The third-order valence-corrected chi connectivity index (χ3v) is 6.26. The molecular formula is C22H29NO3S. The zero-order chi connectivity index (χ0) is 19.1. The minimum absolute atomic E-state index is 0.306. The zero-order valence-electron chi connectivity index (χ0n) is 16.3. The van der Waals surface area contributed by atoms with Gasteiger partial charge in [0, 0.05) is 23.9 Å². The van der Waals surface area contributed by atoms with Gasteiger partial charge >= 0.3 is 0 Å². The Balaban J connectivity index is 1.57. The van der Waals surface area contributed by atoms with Crippen molar-refractivity contribution in [3.63, 3.8) is 0 Å². The number of rotatable bonds is 8. The van der Waals surface area contributed by atoms with Crippen LogP contribution < -0.4 is 9.47 Å². The van der Waals surface area contributed by atoms with E-state index >= 15 is 0 Å². The van der Waals surface area contributed by atoms with Crippen LogP contribution in [0.1, 0.15) is 42.5 Å². The van der Waals surface area contributed by atoms with Crippen LogP contribution in [0.15, 0.2) is 35.7 Å². The highest BCUT2D eigenvalue weighted by atomic mass is 32.1. The molecule has 1 fully saturated rings. The van der Waals surface area contributed by atoms with E-state index in [2.05, 4.69) is 28.5 Å². The zero-order valence-corrected chi connectivity index (χ0v) is 17.1. The average molecular weight is 388 g/mol. The topological polar surface area (TPSA) is 38.8 Å². The number of piperidine rings is 1. The average Bonchev–Trinajstić information content (AvgIpc) is 3.24. The van der Waals surface area contributed by atoms with E-state index in [1.807, 2.05) is 12.1 Å². The lowest BCUT2D eigenvalue weighted by Gasteiger charge is -2.36. The number of benzene rings is 1. The summed E-state index contributed by atoms with van der Waals surface area (Å²) in [7, 11) is 3.32. The highest BCUT2D eigenvalue weighted by molar-refractivity contribution is 7.09. The molecule has 2 aromatic rings. The van der Waals surface area contributed by atoms with Crippen molar-refractivity contribution in [1.82, 2.24) is 4.90 Å². The predicted octanol–water partition coefficient (Wildman–Crippen LogP) is 4.71. The molecular weight excluding hydrogens is 358 g/mol. The molecule has 146 valence electrons. The van der Waals surface area contributed by atoms with Crippen molar-refractivity contribution in [2.24, 2.45) is 0 Å². The molecule has 1 aliphatic rings. The second kappa shape index (κ2) is 9.79. The molecule has 1 unspecified atom stereocenters. The molecule has 2 heterocycles. The number of carbonyl (C=O) groups excluding carboxylic acids is 1. The molecule has 0 spiro atoms. The van der Waals surface area contributed by atoms with E-state index in [-0.39, 0.29) is 0 Å². The highest BCUT2D eigenvalue weighted by Gasteiger charge is 2.26. The first-order valence-electron chi connectivity index (χ1n) is 9.74. The number of ether oxygens (including phenoxy) is 2. The van der Waals surface area contributed by atoms with Crippen LogP contribution in [0.4, 0.5) is 0 Å². The Hall–Kier alpha value is -2.01. The molecule has 0 radical (unpaired) electrons. The normalized spacial score (nSPS) is 17.0. The fourth-order valence-corrected chi connectivity index (χ4v) is 4.54. The molecule has 1 aromatic carbocycles. The van der Waals surface area contributed by atoms with Gasteiger partial charge in [0.2, 0.25) is 5.91 Å². The molecule has 0 aliphatic carbocycles. The molecule has 1 aliphatic heterocycles. The van der Waals surface area contributed by atoms with E-state index in [1.54, 1.807) is 25.6 Å². The second-order valence-electron chi connectivity index (χ2n) is 7.04. The summed E-state index contributed by atoms with van der Waals surface area (Å²) < 4.78 is 10.7. The van der Waals surface area contributed by atoms with E-state index in [9.17, 15) is 4.79 Å². The number of hydrogen-bond acceptors (Lipinski definition) is 4. The molecule has 1 saturated heterocycles. The Morgan fingerprint density at radius 2 is 2.00 bits per heavy atom. The number of hydrogen-bond donors (Lipinski definition) is 0. The fourth-order valence-electron chi connectivity index (χ4n) is 3.83. The van der Waals surface area contributed by atoms with Crippen LogP contribution >= 0.6 is 11.3 Å². The van der Waals surface area contributed by atoms with Gasteiger partial charge in [-0.1, -0.05) is 12.1 Å². The van der Waals surface area contributed by atoms with Crippen molar-refractivity contribution in [2.75, 3.05) is 20.8 Å². The van der Waals surface area contributed by atoms with Crippen LogP contribution in [0.5, 0.6) is 11.5 Å². The Kier molecular flexibility index (Phi) is 7.16. The highest BCUT2D eigenvalue weighted by Crippen LogP contribution is 2.29. The smallest absolute Gasteiger partial charge is 0.223 e. The summed E-state index contributed by atoms with van der Waals surface area (Å²) in [5, 5.41) is 2.08. The van der Waals surface area contributed by atoms with Crippen molar-refractivity contribution in [3.8, 4) is 11.5 Å². The third kappa shape index (κ3) is 5.25. The predicted molar refractivity (Wildman–Crippen MR) is 110 cm³/mol. The monoisotopic (exact) mass is 387 g/mol. The van der Waals surface area contributed by atoms with Crippen LogP contribution in [0, 0.1) is 0 Å².